The van der Waals surface area contributed by atoms with Crippen LogP contribution in [0.3, 0.4) is 0 Å². The lowest BCUT2D eigenvalue weighted by molar-refractivity contribution is 0.0566. The number of H-pyrrole nitrogens is 1. The monoisotopic (exact) mass is 317 g/mol. The van der Waals surface area contributed by atoms with Gasteiger partial charge < -0.3 is 10.4 Å². The maximum Gasteiger partial charge on any atom is 0.102 e. The molecule has 116 valence electrons. The van der Waals surface area contributed by atoms with E-state index in [1.807, 2.05) is 30.9 Å². The predicted octanol–water partition coefficient (Wildman–Crippen LogP) is 1.87. The van der Waals surface area contributed by atoms with Crippen molar-refractivity contribution in [3.8, 4) is 10.6 Å². The van der Waals surface area contributed by atoms with E-state index in [9.17, 15) is 5.11 Å². The number of thiophene rings is 1. The lowest BCUT2D eigenvalue weighted by Gasteiger charge is -2.22. The summed E-state index contributed by atoms with van der Waals surface area (Å²) in [5.74, 6) is 0. The quantitative estimate of drug-likeness (QED) is 0.648. The zero-order valence-corrected chi connectivity index (χ0v) is 13.4. The van der Waals surface area contributed by atoms with Gasteiger partial charge in [-0.05, 0) is 18.4 Å². The molecule has 3 heterocycles. The van der Waals surface area contributed by atoms with E-state index >= 15 is 0 Å². The first-order chi connectivity index (χ1) is 10.6. The maximum atomic E-state index is 10.5. The van der Waals surface area contributed by atoms with E-state index in [4.69, 9.17) is 0 Å². The molecule has 1 unspecified atom stereocenters. The van der Waals surface area contributed by atoms with Crippen LogP contribution in [0, 0.1) is 0 Å². The summed E-state index contributed by atoms with van der Waals surface area (Å²) >= 11 is 1.67. The number of rotatable bonds is 6. The summed E-state index contributed by atoms with van der Waals surface area (Å²) in [4.78, 5) is 1.16. The van der Waals surface area contributed by atoms with Gasteiger partial charge in [0.15, 0.2) is 0 Å². The summed E-state index contributed by atoms with van der Waals surface area (Å²) in [5.41, 5.74) is 1.96. The van der Waals surface area contributed by atoms with Crippen molar-refractivity contribution < 1.29 is 5.11 Å². The molecular formula is C15H19N5OS. The highest BCUT2D eigenvalue weighted by atomic mass is 32.1. The van der Waals surface area contributed by atoms with Gasteiger partial charge in [0.2, 0.25) is 0 Å². The normalized spacial score (nSPS) is 14.1. The summed E-state index contributed by atoms with van der Waals surface area (Å²) in [6.45, 7) is 2.86. The van der Waals surface area contributed by atoms with Crippen molar-refractivity contribution >= 4 is 11.3 Å². The molecule has 0 aliphatic carbocycles. The predicted molar refractivity (Wildman–Crippen MR) is 86.4 cm³/mol. The Bertz CT molecular complexity index is 729. The van der Waals surface area contributed by atoms with Crippen LogP contribution in [-0.4, -0.2) is 31.6 Å². The molecule has 0 bridgehead atoms. The zero-order chi connectivity index (χ0) is 15.6. The second kappa shape index (κ2) is 6.04. The number of aryl methyl sites for hydroxylation is 1. The Morgan fingerprint density at radius 2 is 2.32 bits per heavy atom. The van der Waals surface area contributed by atoms with Gasteiger partial charge in [-0.3, -0.25) is 9.78 Å². The molecule has 1 atom stereocenters. The van der Waals surface area contributed by atoms with Crippen LogP contribution in [-0.2, 0) is 19.2 Å². The van der Waals surface area contributed by atoms with Crippen molar-refractivity contribution in [3.05, 3.63) is 47.2 Å². The van der Waals surface area contributed by atoms with E-state index in [1.165, 1.54) is 0 Å². The first-order valence-corrected chi connectivity index (χ1v) is 7.92. The molecule has 6 nitrogen and oxygen atoms in total. The highest BCUT2D eigenvalue weighted by Crippen LogP contribution is 2.26. The van der Waals surface area contributed by atoms with Crippen molar-refractivity contribution in [1.29, 1.82) is 0 Å². The van der Waals surface area contributed by atoms with Crippen LogP contribution in [0.1, 0.15) is 18.1 Å². The molecule has 0 spiro atoms. The molecule has 0 radical (unpaired) electrons. The lowest BCUT2D eigenvalue weighted by Crippen LogP contribution is -2.34. The van der Waals surface area contributed by atoms with E-state index in [1.54, 1.807) is 29.1 Å². The lowest BCUT2D eigenvalue weighted by atomic mass is 9.99. The van der Waals surface area contributed by atoms with Crippen LogP contribution in [0.15, 0.2) is 36.1 Å². The Morgan fingerprint density at radius 1 is 1.45 bits per heavy atom. The zero-order valence-electron chi connectivity index (χ0n) is 12.6. The largest absolute Gasteiger partial charge is 0.384 e. The Hall–Kier alpha value is -1.96. The average molecular weight is 317 g/mol. The van der Waals surface area contributed by atoms with E-state index < -0.39 is 5.60 Å². The van der Waals surface area contributed by atoms with Gasteiger partial charge in [0.05, 0.1) is 23.0 Å². The fourth-order valence-electron chi connectivity index (χ4n) is 2.32. The maximum absolute atomic E-state index is 10.5. The minimum Gasteiger partial charge on any atom is -0.384 e. The molecule has 0 aliphatic rings. The molecule has 22 heavy (non-hydrogen) atoms. The number of aliphatic hydroxyl groups is 1. The Morgan fingerprint density at radius 3 is 3.00 bits per heavy atom. The Labute approximate surface area is 132 Å². The SMILES string of the molecule is Cn1cc(C(C)(O)CNCc2cn[nH]c2-c2cccs2)cn1. The molecule has 0 saturated carbocycles. The Kier molecular flexibility index (Phi) is 4.10. The molecule has 3 aromatic heterocycles. The van der Waals surface area contributed by atoms with Crippen molar-refractivity contribution in [2.45, 2.75) is 19.1 Å². The first-order valence-electron chi connectivity index (χ1n) is 7.04. The Balaban J connectivity index is 1.63. The van der Waals surface area contributed by atoms with Crippen LogP contribution >= 0.6 is 11.3 Å². The molecule has 0 aromatic carbocycles. The molecule has 3 rings (SSSR count). The molecule has 0 aliphatic heterocycles. The number of aromatic nitrogens is 4. The topological polar surface area (TPSA) is 78.8 Å². The standard InChI is InChI=1S/C15H19N5OS/c1-15(21,12-8-18-20(2)9-12)10-16-6-11-7-17-19-14(11)13-4-3-5-22-13/h3-5,7-9,16,21H,6,10H2,1-2H3,(H,17,19). The summed E-state index contributed by atoms with van der Waals surface area (Å²) in [6, 6.07) is 4.08. The van der Waals surface area contributed by atoms with Gasteiger partial charge in [0.1, 0.15) is 5.60 Å². The van der Waals surface area contributed by atoms with Crippen molar-refractivity contribution in [1.82, 2.24) is 25.3 Å². The number of hydrogen-bond acceptors (Lipinski definition) is 5. The fourth-order valence-corrected chi connectivity index (χ4v) is 3.08. The van der Waals surface area contributed by atoms with Crippen LogP contribution in [0.2, 0.25) is 0 Å². The molecular weight excluding hydrogens is 298 g/mol. The van der Waals surface area contributed by atoms with E-state index in [2.05, 4.69) is 26.7 Å². The third kappa shape index (κ3) is 3.11. The summed E-state index contributed by atoms with van der Waals surface area (Å²) in [5, 5.41) is 27.1. The van der Waals surface area contributed by atoms with Crippen LogP contribution in [0.4, 0.5) is 0 Å². The van der Waals surface area contributed by atoms with Crippen molar-refractivity contribution in [2.24, 2.45) is 7.05 Å². The third-order valence-corrected chi connectivity index (χ3v) is 4.48. The van der Waals surface area contributed by atoms with Gasteiger partial charge in [0.25, 0.3) is 0 Å². The van der Waals surface area contributed by atoms with Crippen molar-refractivity contribution in [3.63, 3.8) is 0 Å². The van der Waals surface area contributed by atoms with E-state index in [0.717, 1.165) is 21.7 Å². The smallest absolute Gasteiger partial charge is 0.102 e. The van der Waals surface area contributed by atoms with E-state index in [0.29, 0.717) is 13.1 Å². The molecule has 7 heteroatoms. The average Bonchev–Trinajstić information content (AvgIpc) is 3.17. The highest BCUT2D eigenvalue weighted by Gasteiger charge is 2.24. The van der Waals surface area contributed by atoms with E-state index in [-0.39, 0.29) is 0 Å². The first kappa shape index (κ1) is 15.0. The summed E-state index contributed by atoms with van der Waals surface area (Å²) in [6.07, 6.45) is 5.34. The second-order valence-corrected chi connectivity index (χ2v) is 6.48. The van der Waals surface area contributed by atoms with Crippen LogP contribution in [0.5, 0.6) is 0 Å². The number of nitrogens with zero attached hydrogens (tertiary/aromatic N) is 3. The minimum atomic E-state index is -0.957. The summed E-state index contributed by atoms with van der Waals surface area (Å²) in [7, 11) is 1.84. The molecule has 0 fully saturated rings. The fraction of sp³-hybridized carbons (Fsp3) is 0.333. The second-order valence-electron chi connectivity index (χ2n) is 5.53. The van der Waals surface area contributed by atoms with Gasteiger partial charge in [0, 0.05) is 37.5 Å². The number of hydrogen-bond donors (Lipinski definition) is 3. The van der Waals surface area contributed by atoms with Gasteiger partial charge >= 0.3 is 0 Å². The molecule has 3 aromatic rings. The van der Waals surface area contributed by atoms with Crippen molar-refractivity contribution in [2.75, 3.05) is 6.54 Å². The van der Waals surface area contributed by atoms with Gasteiger partial charge in [-0.1, -0.05) is 6.07 Å². The molecule has 0 saturated heterocycles. The third-order valence-electron chi connectivity index (χ3n) is 3.60. The highest BCUT2D eigenvalue weighted by molar-refractivity contribution is 7.13. The molecule has 0 amide bonds. The van der Waals surface area contributed by atoms with Gasteiger partial charge in [-0.2, -0.15) is 10.2 Å². The van der Waals surface area contributed by atoms with Crippen LogP contribution in [0.25, 0.3) is 10.6 Å². The summed E-state index contributed by atoms with van der Waals surface area (Å²) < 4.78 is 1.69. The van der Waals surface area contributed by atoms with Gasteiger partial charge in [-0.15, -0.1) is 11.3 Å². The van der Waals surface area contributed by atoms with Gasteiger partial charge in [-0.25, -0.2) is 0 Å². The van der Waals surface area contributed by atoms with Crippen LogP contribution < -0.4 is 5.32 Å². The number of nitrogens with one attached hydrogen (secondary N) is 2. The minimum absolute atomic E-state index is 0.438. The molecule has 3 N–H and O–H groups in total. The number of aromatic amines is 1.